The number of benzene rings is 3. The molecule has 1 aliphatic rings. The lowest BCUT2D eigenvalue weighted by Gasteiger charge is -2.34. The molecule has 0 spiro atoms. The van der Waals surface area contributed by atoms with Crippen LogP contribution in [0.25, 0.3) is 0 Å². The minimum atomic E-state index is -0.358. The molecule has 4 heteroatoms. The second-order valence-corrected chi connectivity index (χ2v) is 5.85. The number of phenolic OH excluding ortho intramolecular Hbond substituents is 1. The maximum Gasteiger partial charge on any atom is 0.165 e. The minimum absolute atomic E-state index is 0.204. The van der Waals surface area contributed by atoms with Gasteiger partial charge in [0.05, 0.1) is 11.6 Å². The molecular weight excluding hydrogens is 314 g/mol. The van der Waals surface area contributed by atoms with E-state index in [4.69, 9.17) is 14.7 Å². The van der Waals surface area contributed by atoms with Crippen LogP contribution >= 0.6 is 0 Å². The van der Waals surface area contributed by atoms with Gasteiger partial charge < -0.3 is 14.6 Å². The Kier molecular flexibility index (Phi) is 3.75. The number of fused-ring (bicyclic) bond motifs is 1. The second kappa shape index (κ2) is 6.21. The van der Waals surface area contributed by atoms with Crippen molar-refractivity contribution >= 4 is 0 Å². The predicted octanol–water partition coefficient (Wildman–Crippen LogP) is 4.52. The van der Waals surface area contributed by atoms with Gasteiger partial charge in [-0.25, -0.2) is 0 Å². The first-order valence-corrected chi connectivity index (χ1v) is 7.96. The predicted molar refractivity (Wildman–Crippen MR) is 92.4 cm³/mol. The molecule has 2 unspecified atom stereocenters. The maximum absolute atomic E-state index is 9.55. The Morgan fingerprint density at radius 1 is 0.720 bits per heavy atom. The molecule has 1 aliphatic heterocycles. The summed E-state index contributed by atoms with van der Waals surface area (Å²) in [4.78, 5) is 0. The van der Waals surface area contributed by atoms with Crippen molar-refractivity contribution < 1.29 is 14.6 Å². The number of hydrogen-bond acceptors (Lipinski definition) is 4. The summed E-state index contributed by atoms with van der Waals surface area (Å²) >= 11 is 0. The van der Waals surface area contributed by atoms with Crippen LogP contribution in [0, 0.1) is 11.3 Å². The van der Waals surface area contributed by atoms with Crippen molar-refractivity contribution in [2.24, 2.45) is 0 Å². The first kappa shape index (κ1) is 15.1. The van der Waals surface area contributed by atoms with Crippen LogP contribution in [-0.2, 0) is 0 Å². The van der Waals surface area contributed by atoms with E-state index in [1.54, 1.807) is 24.3 Å². The van der Waals surface area contributed by atoms with Gasteiger partial charge in [-0.05, 0) is 47.5 Å². The molecule has 122 valence electrons. The normalized spacial score (nSPS) is 18.4. The Hall–Kier alpha value is -3.45. The van der Waals surface area contributed by atoms with Gasteiger partial charge >= 0.3 is 0 Å². The van der Waals surface area contributed by atoms with E-state index in [0.29, 0.717) is 17.1 Å². The van der Waals surface area contributed by atoms with Crippen molar-refractivity contribution in [2.75, 3.05) is 0 Å². The zero-order valence-electron chi connectivity index (χ0n) is 13.3. The molecule has 0 saturated heterocycles. The lowest BCUT2D eigenvalue weighted by Crippen LogP contribution is -2.26. The van der Waals surface area contributed by atoms with Crippen LogP contribution in [0.5, 0.6) is 17.2 Å². The maximum atomic E-state index is 9.55. The summed E-state index contributed by atoms with van der Waals surface area (Å²) in [7, 11) is 0. The molecule has 4 nitrogen and oxygen atoms in total. The van der Waals surface area contributed by atoms with Crippen LogP contribution in [0.1, 0.15) is 28.9 Å². The molecule has 2 atom stereocenters. The third-order valence-corrected chi connectivity index (χ3v) is 4.22. The van der Waals surface area contributed by atoms with E-state index in [1.165, 1.54) is 0 Å². The zero-order valence-corrected chi connectivity index (χ0v) is 13.3. The van der Waals surface area contributed by atoms with Gasteiger partial charge in [-0.1, -0.05) is 36.4 Å². The SMILES string of the molecule is N#Cc1ccc(C2Oc3ccccc3OC2c2ccc(O)cc2)cc1. The van der Waals surface area contributed by atoms with Gasteiger partial charge in [-0.3, -0.25) is 0 Å². The number of para-hydroxylation sites is 2. The number of hydrogen-bond donors (Lipinski definition) is 1. The summed E-state index contributed by atoms with van der Waals surface area (Å²) in [5.41, 5.74) is 2.43. The van der Waals surface area contributed by atoms with Gasteiger partial charge in [0.1, 0.15) is 5.75 Å². The second-order valence-electron chi connectivity index (χ2n) is 5.85. The van der Waals surface area contributed by atoms with Crippen LogP contribution < -0.4 is 9.47 Å². The summed E-state index contributed by atoms with van der Waals surface area (Å²) in [5.74, 6) is 1.58. The molecule has 0 fully saturated rings. The summed E-state index contributed by atoms with van der Waals surface area (Å²) in [6.45, 7) is 0. The van der Waals surface area contributed by atoms with E-state index in [-0.39, 0.29) is 18.0 Å². The molecule has 4 rings (SSSR count). The van der Waals surface area contributed by atoms with E-state index in [2.05, 4.69) is 6.07 Å². The number of ether oxygens (including phenoxy) is 2. The third kappa shape index (κ3) is 2.88. The van der Waals surface area contributed by atoms with Gasteiger partial charge in [-0.2, -0.15) is 5.26 Å². The van der Waals surface area contributed by atoms with Crippen LogP contribution in [-0.4, -0.2) is 5.11 Å². The third-order valence-electron chi connectivity index (χ3n) is 4.22. The number of nitrogens with zero attached hydrogens (tertiary/aromatic N) is 1. The average Bonchev–Trinajstić information content (AvgIpc) is 2.68. The number of aromatic hydroxyl groups is 1. The number of phenols is 1. The Labute approximate surface area is 145 Å². The molecule has 0 saturated carbocycles. The molecular formula is C21H15NO3. The fourth-order valence-electron chi connectivity index (χ4n) is 2.94. The smallest absolute Gasteiger partial charge is 0.165 e. The Balaban J connectivity index is 1.77. The Morgan fingerprint density at radius 2 is 1.20 bits per heavy atom. The van der Waals surface area contributed by atoms with Gasteiger partial charge in [0, 0.05) is 0 Å². The molecule has 0 amide bonds. The van der Waals surface area contributed by atoms with Crippen molar-refractivity contribution in [1.82, 2.24) is 0 Å². The lowest BCUT2D eigenvalue weighted by molar-refractivity contribution is 0.0183. The van der Waals surface area contributed by atoms with Crippen LogP contribution in [0.15, 0.2) is 72.8 Å². The monoisotopic (exact) mass is 329 g/mol. The fourth-order valence-corrected chi connectivity index (χ4v) is 2.94. The number of nitriles is 1. The van der Waals surface area contributed by atoms with Gasteiger partial charge in [-0.15, -0.1) is 0 Å². The van der Waals surface area contributed by atoms with Crippen molar-refractivity contribution in [3.63, 3.8) is 0 Å². The molecule has 25 heavy (non-hydrogen) atoms. The van der Waals surface area contributed by atoms with E-state index < -0.39 is 0 Å². The highest BCUT2D eigenvalue weighted by Gasteiger charge is 2.34. The van der Waals surface area contributed by atoms with Crippen LogP contribution in [0.2, 0.25) is 0 Å². The largest absolute Gasteiger partial charge is 0.508 e. The molecule has 0 radical (unpaired) electrons. The van der Waals surface area contributed by atoms with E-state index in [9.17, 15) is 5.11 Å². The first-order valence-electron chi connectivity index (χ1n) is 7.96. The Morgan fingerprint density at radius 3 is 1.68 bits per heavy atom. The zero-order chi connectivity index (χ0) is 17.2. The van der Waals surface area contributed by atoms with Gasteiger partial charge in [0.25, 0.3) is 0 Å². The summed E-state index contributed by atoms with van der Waals surface area (Å²) < 4.78 is 12.4. The van der Waals surface area contributed by atoms with Crippen molar-refractivity contribution in [3.05, 3.63) is 89.5 Å². The van der Waals surface area contributed by atoms with E-state index in [0.717, 1.165) is 11.1 Å². The quantitative estimate of drug-likeness (QED) is 0.751. The van der Waals surface area contributed by atoms with Crippen LogP contribution in [0.3, 0.4) is 0 Å². The van der Waals surface area contributed by atoms with Crippen LogP contribution in [0.4, 0.5) is 0 Å². The highest BCUT2D eigenvalue weighted by Crippen LogP contribution is 2.45. The lowest BCUT2D eigenvalue weighted by atomic mass is 9.96. The molecule has 1 heterocycles. The summed E-state index contributed by atoms with van der Waals surface area (Å²) in [5, 5.41) is 18.5. The van der Waals surface area contributed by atoms with E-state index >= 15 is 0 Å². The van der Waals surface area contributed by atoms with Crippen molar-refractivity contribution in [1.29, 1.82) is 5.26 Å². The highest BCUT2D eigenvalue weighted by atomic mass is 16.6. The molecule has 0 aliphatic carbocycles. The number of rotatable bonds is 2. The average molecular weight is 329 g/mol. The van der Waals surface area contributed by atoms with Crippen molar-refractivity contribution in [3.8, 4) is 23.3 Å². The highest BCUT2D eigenvalue weighted by molar-refractivity contribution is 5.44. The minimum Gasteiger partial charge on any atom is -0.508 e. The summed E-state index contributed by atoms with van der Waals surface area (Å²) in [6, 6.07) is 23.9. The van der Waals surface area contributed by atoms with Crippen molar-refractivity contribution in [2.45, 2.75) is 12.2 Å². The molecule has 3 aromatic rings. The first-order chi connectivity index (χ1) is 12.2. The summed E-state index contributed by atoms with van der Waals surface area (Å²) in [6.07, 6.45) is -0.712. The Bertz CT molecular complexity index is 927. The van der Waals surface area contributed by atoms with Gasteiger partial charge in [0.15, 0.2) is 23.7 Å². The van der Waals surface area contributed by atoms with E-state index in [1.807, 2.05) is 48.5 Å². The van der Waals surface area contributed by atoms with Gasteiger partial charge in [0.2, 0.25) is 0 Å². The molecule has 0 aromatic heterocycles. The molecule has 3 aromatic carbocycles. The molecule has 0 bridgehead atoms. The topological polar surface area (TPSA) is 62.5 Å². The molecule has 1 N–H and O–H groups in total. The fraction of sp³-hybridized carbons (Fsp3) is 0.0952. The standard InChI is InChI=1S/C21H15NO3/c22-13-14-5-7-15(8-6-14)20-21(16-9-11-17(23)12-10-16)25-19-4-2-1-3-18(19)24-20/h1-12,20-21,23H.